The standard InChI is InChI=1S/C15H12F3NO2/c1-21-13-8-4-5-10(14(13)20)9-19-12-7-3-2-6-11(12)15(16,17)18/h2-9,20H,1H3. The average molecular weight is 295 g/mol. The number of ether oxygens (including phenoxy) is 1. The van der Waals surface area contributed by atoms with Gasteiger partial charge in [-0.15, -0.1) is 0 Å². The second-order valence-electron chi connectivity index (χ2n) is 4.17. The Hall–Kier alpha value is -2.50. The minimum atomic E-state index is -4.48. The summed E-state index contributed by atoms with van der Waals surface area (Å²) in [7, 11) is 1.38. The highest BCUT2D eigenvalue weighted by atomic mass is 19.4. The molecule has 2 aromatic carbocycles. The van der Waals surface area contributed by atoms with Crippen molar-refractivity contribution < 1.29 is 23.0 Å². The molecule has 2 rings (SSSR count). The number of hydrogen-bond donors (Lipinski definition) is 1. The number of rotatable bonds is 3. The van der Waals surface area contributed by atoms with Crippen molar-refractivity contribution >= 4 is 11.9 Å². The fourth-order valence-corrected chi connectivity index (χ4v) is 1.77. The molecule has 0 radical (unpaired) electrons. The van der Waals surface area contributed by atoms with Gasteiger partial charge in [0.15, 0.2) is 11.5 Å². The van der Waals surface area contributed by atoms with Crippen LogP contribution in [0.1, 0.15) is 11.1 Å². The molecule has 0 aliphatic heterocycles. The maximum Gasteiger partial charge on any atom is 0.418 e. The van der Waals surface area contributed by atoms with Crippen LogP contribution in [0.25, 0.3) is 0 Å². The van der Waals surface area contributed by atoms with Crippen molar-refractivity contribution in [2.24, 2.45) is 4.99 Å². The van der Waals surface area contributed by atoms with Gasteiger partial charge in [-0.2, -0.15) is 13.2 Å². The van der Waals surface area contributed by atoms with Crippen LogP contribution in [-0.4, -0.2) is 18.4 Å². The molecule has 0 aliphatic rings. The summed E-state index contributed by atoms with van der Waals surface area (Å²) in [6.45, 7) is 0. The number of halogens is 3. The fourth-order valence-electron chi connectivity index (χ4n) is 1.77. The molecule has 0 spiro atoms. The Kier molecular flexibility index (Phi) is 4.16. The molecular formula is C15H12F3NO2. The van der Waals surface area contributed by atoms with E-state index in [1.54, 1.807) is 6.07 Å². The molecule has 3 nitrogen and oxygen atoms in total. The number of nitrogens with zero attached hydrogens (tertiary/aromatic N) is 1. The Morgan fingerprint density at radius 2 is 1.81 bits per heavy atom. The first-order chi connectivity index (χ1) is 9.93. The van der Waals surface area contributed by atoms with Crippen LogP contribution in [0.5, 0.6) is 11.5 Å². The van der Waals surface area contributed by atoms with Crippen LogP contribution in [-0.2, 0) is 6.18 Å². The summed E-state index contributed by atoms with van der Waals surface area (Å²) in [6.07, 6.45) is -3.31. The third-order valence-corrected chi connectivity index (χ3v) is 2.80. The highest BCUT2D eigenvalue weighted by Gasteiger charge is 2.32. The van der Waals surface area contributed by atoms with E-state index < -0.39 is 11.7 Å². The van der Waals surface area contributed by atoms with Crippen LogP contribution < -0.4 is 4.74 Å². The van der Waals surface area contributed by atoms with Gasteiger partial charge in [-0.1, -0.05) is 18.2 Å². The zero-order chi connectivity index (χ0) is 15.5. The number of benzene rings is 2. The molecule has 0 atom stereocenters. The van der Waals surface area contributed by atoms with Crippen LogP contribution in [0, 0.1) is 0 Å². The number of methoxy groups -OCH3 is 1. The number of hydrogen-bond acceptors (Lipinski definition) is 3. The van der Waals surface area contributed by atoms with Gasteiger partial charge in [0, 0.05) is 11.8 Å². The number of phenolic OH excluding ortho intramolecular Hbond substituents is 1. The number of aromatic hydroxyl groups is 1. The fraction of sp³-hybridized carbons (Fsp3) is 0.133. The monoisotopic (exact) mass is 295 g/mol. The molecule has 0 bridgehead atoms. The Bertz CT molecular complexity index is 666. The Morgan fingerprint density at radius 3 is 2.48 bits per heavy atom. The van der Waals surface area contributed by atoms with Crippen LogP contribution in [0.15, 0.2) is 47.5 Å². The molecule has 0 unspecified atom stereocenters. The number of aliphatic imine (C=N–C) groups is 1. The maximum absolute atomic E-state index is 12.8. The van der Waals surface area contributed by atoms with Gasteiger partial charge in [-0.25, -0.2) is 0 Å². The first-order valence-corrected chi connectivity index (χ1v) is 5.99. The van der Waals surface area contributed by atoms with Crippen molar-refractivity contribution in [3.63, 3.8) is 0 Å². The third kappa shape index (κ3) is 3.34. The lowest BCUT2D eigenvalue weighted by molar-refractivity contribution is -0.137. The quantitative estimate of drug-likeness (QED) is 0.863. The molecule has 0 saturated heterocycles. The van der Waals surface area contributed by atoms with Gasteiger partial charge < -0.3 is 9.84 Å². The summed E-state index contributed by atoms with van der Waals surface area (Å²) in [4.78, 5) is 3.82. The zero-order valence-electron chi connectivity index (χ0n) is 11.1. The number of alkyl halides is 3. The second-order valence-corrected chi connectivity index (χ2v) is 4.17. The Morgan fingerprint density at radius 1 is 1.10 bits per heavy atom. The van der Waals surface area contributed by atoms with Crippen molar-refractivity contribution in [1.82, 2.24) is 0 Å². The predicted molar refractivity (Wildman–Crippen MR) is 73.4 cm³/mol. The molecule has 21 heavy (non-hydrogen) atoms. The summed E-state index contributed by atoms with van der Waals surface area (Å²) in [6, 6.07) is 9.65. The van der Waals surface area contributed by atoms with Crippen LogP contribution in [0.4, 0.5) is 18.9 Å². The maximum atomic E-state index is 12.8. The van der Waals surface area contributed by atoms with E-state index in [1.807, 2.05) is 0 Å². The largest absolute Gasteiger partial charge is 0.504 e. The van der Waals surface area contributed by atoms with Crippen molar-refractivity contribution in [2.75, 3.05) is 7.11 Å². The van der Waals surface area contributed by atoms with Gasteiger partial charge >= 0.3 is 6.18 Å². The molecular weight excluding hydrogens is 283 g/mol. The van der Waals surface area contributed by atoms with E-state index in [-0.39, 0.29) is 22.7 Å². The van der Waals surface area contributed by atoms with Gasteiger partial charge in [0.25, 0.3) is 0 Å². The molecule has 0 fully saturated rings. The van der Waals surface area contributed by atoms with Crippen molar-refractivity contribution in [3.05, 3.63) is 53.6 Å². The molecule has 0 aliphatic carbocycles. The van der Waals surface area contributed by atoms with E-state index >= 15 is 0 Å². The summed E-state index contributed by atoms with van der Waals surface area (Å²) in [5.41, 5.74) is -0.776. The van der Waals surface area contributed by atoms with Gasteiger partial charge in [0.1, 0.15) is 0 Å². The lowest BCUT2D eigenvalue weighted by Gasteiger charge is -2.09. The summed E-state index contributed by atoms with van der Waals surface area (Å²) in [5, 5.41) is 9.86. The van der Waals surface area contributed by atoms with Gasteiger partial charge in [-0.3, -0.25) is 4.99 Å². The van der Waals surface area contributed by atoms with Crippen molar-refractivity contribution in [2.45, 2.75) is 6.18 Å². The van der Waals surface area contributed by atoms with E-state index in [4.69, 9.17) is 4.74 Å². The molecule has 2 aromatic rings. The molecule has 0 heterocycles. The molecule has 0 aromatic heterocycles. The summed E-state index contributed by atoms with van der Waals surface area (Å²) < 4.78 is 43.4. The van der Waals surface area contributed by atoms with E-state index in [9.17, 15) is 18.3 Å². The first-order valence-electron chi connectivity index (χ1n) is 5.99. The average Bonchev–Trinajstić information content (AvgIpc) is 2.45. The zero-order valence-corrected chi connectivity index (χ0v) is 11.1. The molecule has 0 saturated carbocycles. The third-order valence-electron chi connectivity index (χ3n) is 2.80. The van der Waals surface area contributed by atoms with Crippen LogP contribution in [0.2, 0.25) is 0 Å². The lowest BCUT2D eigenvalue weighted by atomic mass is 10.1. The smallest absolute Gasteiger partial charge is 0.418 e. The highest BCUT2D eigenvalue weighted by molar-refractivity contribution is 5.86. The van der Waals surface area contributed by atoms with Crippen LogP contribution in [0.3, 0.4) is 0 Å². The van der Waals surface area contributed by atoms with E-state index in [1.165, 1.54) is 43.7 Å². The highest BCUT2D eigenvalue weighted by Crippen LogP contribution is 2.36. The topological polar surface area (TPSA) is 41.8 Å². The number of para-hydroxylation sites is 2. The van der Waals surface area contributed by atoms with E-state index in [2.05, 4.69) is 4.99 Å². The van der Waals surface area contributed by atoms with Gasteiger partial charge in [-0.05, 0) is 24.3 Å². The van der Waals surface area contributed by atoms with E-state index in [0.717, 1.165) is 6.07 Å². The minimum absolute atomic E-state index is 0.173. The SMILES string of the molecule is COc1cccc(C=Nc2ccccc2C(F)(F)F)c1O. The Labute approximate surface area is 119 Å². The van der Waals surface area contributed by atoms with Gasteiger partial charge in [0.2, 0.25) is 0 Å². The van der Waals surface area contributed by atoms with Crippen LogP contribution >= 0.6 is 0 Å². The molecule has 6 heteroatoms. The number of phenols is 1. The minimum Gasteiger partial charge on any atom is -0.504 e. The van der Waals surface area contributed by atoms with Crippen molar-refractivity contribution in [1.29, 1.82) is 0 Å². The molecule has 0 amide bonds. The predicted octanol–water partition coefficient (Wildman–Crippen LogP) is 4.17. The first kappa shape index (κ1) is 14.9. The summed E-state index contributed by atoms with van der Waals surface area (Å²) >= 11 is 0. The normalized spacial score (nSPS) is 11.8. The van der Waals surface area contributed by atoms with E-state index in [0.29, 0.717) is 0 Å². The van der Waals surface area contributed by atoms with Gasteiger partial charge in [0.05, 0.1) is 18.4 Å². The lowest BCUT2D eigenvalue weighted by Crippen LogP contribution is -2.04. The molecule has 1 N–H and O–H groups in total. The van der Waals surface area contributed by atoms with Crippen molar-refractivity contribution in [3.8, 4) is 11.5 Å². The Balaban J connectivity index is 2.39. The second kappa shape index (κ2) is 5.87. The summed E-state index contributed by atoms with van der Waals surface area (Å²) in [5.74, 6) is 0.0521. The molecule has 110 valence electrons.